The fraction of sp³-hybridized carbons (Fsp3) is 0.250. The van der Waals surface area contributed by atoms with Crippen LogP contribution in [-0.2, 0) is 22.1 Å². The molecule has 7 heteroatoms. The van der Waals surface area contributed by atoms with Gasteiger partial charge in [0.05, 0.1) is 25.8 Å². The smallest absolute Gasteiger partial charge is 0.300 e. The molecule has 3 aromatic carbocycles. The summed E-state index contributed by atoms with van der Waals surface area (Å²) in [7, 11) is 5.07. The molecule has 200 valence electrons. The molecule has 1 unspecified atom stereocenters. The van der Waals surface area contributed by atoms with Crippen molar-refractivity contribution in [1.82, 2.24) is 4.57 Å². The van der Waals surface area contributed by atoms with Crippen LogP contribution in [0.4, 0.5) is 5.69 Å². The number of carbonyl (C=O) groups excluding carboxylic acids is 2. The predicted molar refractivity (Wildman–Crippen MR) is 152 cm³/mol. The highest BCUT2D eigenvalue weighted by molar-refractivity contribution is 6.52. The Morgan fingerprint density at radius 2 is 1.67 bits per heavy atom. The van der Waals surface area contributed by atoms with Gasteiger partial charge >= 0.3 is 0 Å². The lowest BCUT2D eigenvalue weighted by Crippen LogP contribution is -2.29. The van der Waals surface area contributed by atoms with Gasteiger partial charge in [0.15, 0.2) is 0 Å². The molecule has 0 bridgehead atoms. The number of fused-ring (bicyclic) bond motifs is 1. The van der Waals surface area contributed by atoms with Crippen molar-refractivity contribution in [2.45, 2.75) is 32.2 Å². The average Bonchev–Trinajstić information content (AvgIpc) is 3.40. The van der Waals surface area contributed by atoms with Crippen LogP contribution in [0.15, 0.2) is 78.5 Å². The monoisotopic (exact) mass is 524 g/mol. The number of para-hydroxylation sites is 1. The first kappa shape index (κ1) is 26.1. The number of carbonyl (C=O) groups is 2. The summed E-state index contributed by atoms with van der Waals surface area (Å²) in [6.45, 7) is 6.14. The molecule has 7 nitrogen and oxygen atoms in total. The minimum atomic E-state index is -0.858. The van der Waals surface area contributed by atoms with Crippen LogP contribution in [0.3, 0.4) is 0 Å². The quantitative estimate of drug-likeness (QED) is 0.193. The minimum Gasteiger partial charge on any atom is -0.507 e. The minimum absolute atomic E-state index is 0.0317. The van der Waals surface area contributed by atoms with E-state index in [2.05, 4.69) is 0 Å². The second kappa shape index (κ2) is 9.66. The number of benzene rings is 3. The van der Waals surface area contributed by atoms with Crippen molar-refractivity contribution in [2.75, 3.05) is 19.1 Å². The zero-order valence-electron chi connectivity index (χ0n) is 23.0. The molecular weight excluding hydrogens is 492 g/mol. The van der Waals surface area contributed by atoms with E-state index in [9.17, 15) is 14.7 Å². The molecule has 1 aliphatic heterocycles. The number of aliphatic hydroxyl groups excluding tert-OH is 1. The predicted octanol–water partition coefficient (Wildman–Crippen LogP) is 6.12. The standard InChI is InChI=1S/C32H32N2O5/c1-32(2,3)24-16-19(14-15-26(24)39-6)29(35)27-28(23-18-33(4)25-13-8-7-12-22(23)25)34(31(37)30(27)36)20-10-9-11-21(17-20)38-5/h7-18,28,35H,1-6H3/b29-27+. The fourth-order valence-corrected chi connectivity index (χ4v) is 5.34. The van der Waals surface area contributed by atoms with E-state index in [-0.39, 0.29) is 16.7 Å². The van der Waals surface area contributed by atoms with E-state index in [0.717, 1.165) is 22.0 Å². The third-order valence-electron chi connectivity index (χ3n) is 7.28. The highest BCUT2D eigenvalue weighted by Crippen LogP contribution is 2.45. The normalized spacial score (nSPS) is 17.2. The largest absolute Gasteiger partial charge is 0.507 e. The van der Waals surface area contributed by atoms with Crippen molar-refractivity contribution in [3.05, 3.63) is 95.2 Å². The Morgan fingerprint density at radius 1 is 0.923 bits per heavy atom. The van der Waals surface area contributed by atoms with E-state index < -0.39 is 17.7 Å². The Balaban J connectivity index is 1.80. The summed E-state index contributed by atoms with van der Waals surface area (Å²) in [4.78, 5) is 28.8. The van der Waals surface area contributed by atoms with Crippen LogP contribution >= 0.6 is 0 Å². The maximum Gasteiger partial charge on any atom is 0.300 e. The molecule has 4 aromatic rings. The Kier molecular flexibility index (Phi) is 6.46. The van der Waals surface area contributed by atoms with Crippen molar-refractivity contribution >= 4 is 34.0 Å². The summed E-state index contributed by atoms with van der Waals surface area (Å²) in [6, 6.07) is 19.3. The molecule has 1 fully saturated rings. The number of rotatable bonds is 5. The summed E-state index contributed by atoms with van der Waals surface area (Å²) in [5.74, 6) is -0.462. The topological polar surface area (TPSA) is 81.0 Å². The van der Waals surface area contributed by atoms with Crippen LogP contribution in [-0.4, -0.2) is 35.6 Å². The zero-order chi connectivity index (χ0) is 28.1. The van der Waals surface area contributed by atoms with Gasteiger partial charge in [0, 0.05) is 52.6 Å². The molecule has 0 radical (unpaired) electrons. The molecule has 1 amide bonds. The molecule has 1 N–H and O–H groups in total. The molecule has 1 saturated heterocycles. The van der Waals surface area contributed by atoms with E-state index in [0.29, 0.717) is 22.7 Å². The van der Waals surface area contributed by atoms with Crippen LogP contribution in [0.25, 0.3) is 16.7 Å². The Hall–Kier alpha value is -4.52. The molecule has 1 aromatic heterocycles. The van der Waals surface area contributed by atoms with Gasteiger partial charge < -0.3 is 19.1 Å². The van der Waals surface area contributed by atoms with Gasteiger partial charge in [-0.05, 0) is 41.8 Å². The molecule has 0 saturated carbocycles. The van der Waals surface area contributed by atoms with Crippen molar-refractivity contribution in [3.8, 4) is 11.5 Å². The lowest BCUT2D eigenvalue weighted by Gasteiger charge is -2.26. The number of methoxy groups -OCH3 is 2. The molecule has 0 aliphatic carbocycles. The number of ether oxygens (including phenoxy) is 2. The number of aromatic nitrogens is 1. The van der Waals surface area contributed by atoms with Crippen molar-refractivity contribution in [2.24, 2.45) is 7.05 Å². The highest BCUT2D eigenvalue weighted by Gasteiger charge is 2.48. The first-order chi connectivity index (χ1) is 18.6. The van der Waals surface area contributed by atoms with E-state index in [1.165, 1.54) is 4.90 Å². The van der Waals surface area contributed by atoms with E-state index in [4.69, 9.17) is 9.47 Å². The number of hydrogen-bond acceptors (Lipinski definition) is 5. The third-order valence-corrected chi connectivity index (χ3v) is 7.28. The first-order valence-corrected chi connectivity index (χ1v) is 12.7. The van der Waals surface area contributed by atoms with Gasteiger partial charge in [-0.3, -0.25) is 14.5 Å². The van der Waals surface area contributed by atoms with E-state index >= 15 is 0 Å². The molecule has 39 heavy (non-hydrogen) atoms. The maximum absolute atomic E-state index is 13.7. The van der Waals surface area contributed by atoms with Gasteiger partial charge in [-0.1, -0.05) is 45.0 Å². The lowest BCUT2D eigenvalue weighted by atomic mass is 9.84. The summed E-state index contributed by atoms with van der Waals surface area (Å²) in [5.41, 5.74) is 3.24. The summed E-state index contributed by atoms with van der Waals surface area (Å²) < 4.78 is 12.9. The summed E-state index contributed by atoms with van der Waals surface area (Å²) in [6.07, 6.45) is 1.91. The van der Waals surface area contributed by atoms with Crippen molar-refractivity contribution in [1.29, 1.82) is 0 Å². The number of Topliss-reactive ketones (excluding diaryl/α,β-unsaturated/α-hetero) is 1. The van der Waals surface area contributed by atoms with Crippen LogP contribution in [0.1, 0.15) is 43.5 Å². The molecule has 1 aliphatic rings. The number of anilines is 1. The van der Waals surface area contributed by atoms with Crippen LogP contribution in [0.5, 0.6) is 11.5 Å². The Morgan fingerprint density at radius 3 is 2.36 bits per heavy atom. The maximum atomic E-state index is 13.7. The number of nitrogens with zero attached hydrogens (tertiary/aromatic N) is 2. The van der Waals surface area contributed by atoms with Crippen LogP contribution < -0.4 is 14.4 Å². The van der Waals surface area contributed by atoms with Crippen molar-refractivity contribution in [3.63, 3.8) is 0 Å². The second-order valence-electron chi connectivity index (χ2n) is 10.7. The van der Waals surface area contributed by atoms with Gasteiger partial charge in [0.25, 0.3) is 11.7 Å². The van der Waals surface area contributed by atoms with Crippen LogP contribution in [0.2, 0.25) is 0 Å². The summed E-state index contributed by atoms with van der Waals surface area (Å²) in [5, 5.41) is 12.6. The van der Waals surface area contributed by atoms with Gasteiger partial charge in [0.2, 0.25) is 0 Å². The first-order valence-electron chi connectivity index (χ1n) is 12.7. The second-order valence-corrected chi connectivity index (χ2v) is 10.7. The van der Waals surface area contributed by atoms with Gasteiger partial charge in [-0.2, -0.15) is 0 Å². The Labute approximate surface area is 227 Å². The molecule has 5 rings (SSSR count). The molecule has 2 heterocycles. The average molecular weight is 525 g/mol. The summed E-state index contributed by atoms with van der Waals surface area (Å²) >= 11 is 0. The molecule has 1 atom stereocenters. The Bertz CT molecular complexity index is 1640. The number of amides is 1. The number of aliphatic hydroxyl groups is 1. The SMILES string of the molecule is COc1cccc(N2C(=O)C(=O)/C(=C(/O)c3ccc(OC)c(C(C)(C)C)c3)C2c2cn(C)c3ccccc23)c1. The lowest BCUT2D eigenvalue weighted by molar-refractivity contribution is -0.132. The molecular formula is C32H32N2O5. The van der Waals surface area contributed by atoms with Gasteiger partial charge in [-0.15, -0.1) is 0 Å². The highest BCUT2D eigenvalue weighted by atomic mass is 16.5. The third kappa shape index (κ3) is 4.34. The van der Waals surface area contributed by atoms with Gasteiger partial charge in [0.1, 0.15) is 17.3 Å². The van der Waals surface area contributed by atoms with E-state index in [1.54, 1.807) is 50.6 Å². The number of hydrogen-bond donors (Lipinski definition) is 1. The number of aryl methyl sites for hydroxylation is 1. The van der Waals surface area contributed by atoms with E-state index in [1.807, 2.05) is 68.9 Å². The van der Waals surface area contributed by atoms with Gasteiger partial charge in [-0.25, -0.2) is 0 Å². The fourth-order valence-electron chi connectivity index (χ4n) is 5.34. The van der Waals surface area contributed by atoms with Crippen molar-refractivity contribution < 1.29 is 24.2 Å². The number of ketones is 1. The molecule has 0 spiro atoms. The van der Waals surface area contributed by atoms with Crippen LogP contribution in [0, 0.1) is 0 Å². The zero-order valence-corrected chi connectivity index (χ0v) is 23.0.